The van der Waals surface area contributed by atoms with Gasteiger partial charge < -0.3 is 15.2 Å². The molecule has 4 fully saturated rings. The maximum Gasteiger partial charge on any atom is 0.319 e. The van der Waals surface area contributed by atoms with Gasteiger partial charge >= 0.3 is 6.03 Å². The first-order valence-corrected chi connectivity index (χ1v) is 10.2. The third kappa shape index (κ3) is 3.01. The summed E-state index contributed by atoms with van der Waals surface area (Å²) in [5.41, 5.74) is 1.69. The number of nitrogens with zero attached hydrogens (tertiary/aromatic N) is 3. The monoisotopic (exact) mass is 365 g/mol. The van der Waals surface area contributed by atoms with Gasteiger partial charge in [-0.25, -0.2) is 4.79 Å². The van der Waals surface area contributed by atoms with E-state index < -0.39 is 0 Å². The second-order valence-electron chi connectivity index (χ2n) is 8.76. The van der Waals surface area contributed by atoms with E-state index in [1.165, 1.54) is 19.3 Å². The van der Waals surface area contributed by atoms with E-state index in [4.69, 9.17) is 0 Å². The molecule has 0 radical (unpaired) electrons. The van der Waals surface area contributed by atoms with Crippen LogP contribution >= 0.6 is 0 Å². The van der Waals surface area contributed by atoms with Crippen molar-refractivity contribution >= 4 is 11.7 Å². The van der Waals surface area contributed by atoms with Crippen LogP contribution in [0, 0.1) is 17.8 Å². The number of urea groups is 1. The van der Waals surface area contributed by atoms with E-state index in [1.807, 2.05) is 28.8 Å². The first kappa shape index (κ1) is 16.8. The van der Waals surface area contributed by atoms with E-state index in [0.29, 0.717) is 0 Å². The third-order valence-corrected chi connectivity index (χ3v) is 6.79. The molecule has 2 aromatic rings. The Balaban J connectivity index is 1.35. The van der Waals surface area contributed by atoms with Gasteiger partial charge in [-0.3, -0.25) is 0 Å². The van der Waals surface area contributed by atoms with Crippen LogP contribution in [0.2, 0.25) is 0 Å². The Morgan fingerprint density at radius 2 is 1.81 bits per heavy atom. The predicted octanol–water partition coefficient (Wildman–Crippen LogP) is 4.06. The van der Waals surface area contributed by atoms with Crippen LogP contribution in [0.4, 0.5) is 10.5 Å². The molecule has 0 spiro atoms. The Labute approximate surface area is 159 Å². The van der Waals surface area contributed by atoms with Gasteiger partial charge in [0.15, 0.2) is 5.82 Å². The maximum absolute atomic E-state index is 12.9. The van der Waals surface area contributed by atoms with Crippen molar-refractivity contribution in [1.82, 2.24) is 20.1 Å². The molecular formula is C21H27N5O. The predicted molar refractivity (Wildman–Crippen MR) is 104 cm³/mol. The Kier molecular flexibility index (Phi) is 3.95. The minimum absolute atomic E-state index is 0.0111. The second kappa shape index (κ2) is 6.36. The van der Waals surface area contributed by atoms with E-state index in [2.05, 4.69) is 27.8 Å². The molecule has 4 saturated carbocycles. The van der Waals surface area contributed by atoms with E-state index in [9.17, 15) is 4.79 Å². The highest BCUT2D eigenvalue weighted by molar-refractivity contribution is 5.94. The molecule has 4 aliphatic rings. The highest BCUT2D eigenvalue weighted by Gasteiger charge is 2.51. The molecule has 4 bridgehead atoms. The summed E-state index contributed by atoms with van der Waals surface area (Å²) in [5.74, 6) is 3.22. The minimum Gasteiger partial charge on any atom is -0.332 e. The lowest BCUT2D eigenvalue weighted by atomic mass is 9.53. The Hall–Kier alpha value is -2.37. The average Bonchev–Trinajstić information content (AvgIpc) is 3.09. The number of anilines is 1. The third-order valence-electron chi connectivity index (χ3n) is 6.79. The molecule has 142 valence electrons. The highest BCUT2D eigenvalue weighted by Crippen LogP contribution is 2.55. The molecule has 0 aliphatic heterocycles. The van der Waals surface area contributed by atoms with Gasteiger partial charge in [-0.15, -0.1) is 10.2 Å². The van der Waals surface area contributed by atoms with Crippen LogP contribution in [0.3, 0.4) is 0 Å². The first-order valence-electron chi connectivity index (χ1n) is 10.2. The number of aromatic nitrogens is 3. The minimum atomic E-state index is -0.0908. The van der Waals surface area contributed by atoms with Crippen molar-refractivity contribution in [1.29, 1.82) is 0 Å². The highest BCUT2D eigenvalue weighted by atomic mass is 16.2. The van der Waals surface area contributed by atoms with Crippen molar-refractivity contribution < 1.29 is 4.79 Å². The number of hydrogen-bond donors (Lipinski definition) is 2. The van der Waals surface area contributed by atoms with Gasteiger partial charge in [0.1, 0.15) is 6.33 Å². The molecule has 27 heavy (non-hydrogen) atoms. The van der Waals surface area contributed by atoms with Crippen molar-refractivity contribution in [3.63, 3.8) is 0 Å². The molecule has 6 heteroatoms. The summed E-state index contributed by atoms with van der Waals surface area (Å²) in [7, 11) is 0. The van der Waals surface area contributed by atoms with Crippen LogP contribution in [-0.2, 0) is 6.54 Å². The van der Waals surface area contributed by atoms with Crippen molar-refractivity contribution in [3.8, 4) is 11.4 Å². The number of nitrogens with one attached hydrogen (secondary N) is 2. The normalized spacial score (nSPS) is 31.1. The van der Waals surface area contributed by atoms with Crippen LogP contribution in [0.5, 0.6) is 0 Å². The SMILES string of the molecule is CCn1cnnc1-c1ccccc1NC(=O)NC12CC3CC(CC(C3)C1)C2. The maximum atomic E-state index is 12.9. The number of carbonyl (C=O) groups is 1. The van der Waals surface area contributed by atoms with E-state index in [1.54, 1.807) is 6.33 Å². The van der Waals surface area contributed by atoms with Crippen molar-refractivity contribution in [2.75, 3.05) is 5.32 Å². The molecular weight excluding hydrogens is 338 g/mol. The van der Waals surface area contributed by atoms with Crippen LogP contribution in [0.25, 0.3) is 11.4 Å². The summed E-state index contributed by atoms with van der Waals surface area (Å²) < 4.78 is 1.98. The standard InChI is InChI=1S/C21H27N5O/c1-2-26-13-22-25-19(26)17-5-3-4-6-18(17)23-20(27)24-21-10-14-7-15(11-21)9-16(8-14)12-21/h3-6,13-16H,2,7-12H2,1H3,(H2,23,24,27). The largest absolute Gasteiger partial charge is 0.332 e. The molecule has 1 aromatic carbocycles. The van der Waals surface area contributed by atoms with Crippen LogP contribution in [0.1, 0.15) is 45.4 Å². The topological polar surface area (TPSA) is 71.8 Å². The molecule has 2 amide bonds. The molecule has 1 heterocycles. The Morgan fingerprint density at radius 3 is 2.48 bits per heavy atom. The number of amides is 2. The Bertz CT molecular complexity index is 822. The molecule has 0 saturated heterocycles. The molecule has 6 nitrogen and oxygen atoms in total. The molecule has 2 N–H and O–H groups in total. The van der Waals surface area contributed by atoms with E-state index in [0.717, 1.165) is 60.6 Å². The van der Waals surface area contributed by atoms with Crippen LogP contribution in [0.15, 0.2) is 30.6 Å². The van der Waals surface area contributed by atoms with Crippen molar-refractivity contribution in [2.24, 2.45) is 17.8 Å². The number of para-hydroxylation sites is 1. The lowest BCUT2D eigenvalue weighted by molar-refractivity contribution is -0.0127. The number of hydrogen-bond acceptors (Lipinski definition) is 3. The van der Waals surface area contributed by atoms with Gasteiger partial charge in [0.05, 0.1) is 5.69 Å². The summed E-state index contributed by atoms with van der Waals surface area (Å²) in [6, 6.07) is 7.73. The van der Waals surface area contributed by atoms with E-state index in [-0.39, 0.29) is 11.6 Å². The zero-order chi connectivity index (χ0) is 18.4. The van der Waals surface area contributed by atoms with Gasteiger partial charge in [-0.05, 0) is 75.3 Å². The fraction of sp³-hybridized carbons (Fsp3) is 0.571. The summed E-state index contributed by atoms with van der Waals surface area (Å²) in [6.45, 7) is 2.85. The smallest absolute Gasteiger partial charge is 0.319 e. The summed E-state index contributed by atoms with van der Waals surface area (Å²) in [5, 5.41) is 14.7. The molecule has 0 unspecified atom stereocenters. The average molecular weight is 365 g/mol. The van der Waals surface area contributed by atoms with Gasteiger partial charge in [0.25, 0.3) is 0 Å². The van der Waals surface area contributed by atoms with E-state index >= 15 is 0 Å². The molecule has 1 aromatic heterocycles. The fourth-order valence-corrected chi connectivity index (χ4v) is 6.14. The lowest BCUT2D eigenvalue weighted by Gasteiger charge is -2.56. The van der Waals surface area contributed by atoms with Gasteiger partial charge in [-0.2, -0.15) is 0 Å². The lowest BCUT2D eigenvalue weighted by Crippen LogP contribution is -2.60. The second-order valence-corrected chi connectivity index (χ2v) is 8.76. The van der Waals surface area contributed by atoms with Crippen molar-refractivity contribution in [3.05, 3.63) is 30.6 Å². The van der Waals surface area contributed by atoms with Crippen LogP contribution < -0.4 is 10.6 Å². The van der Waals surface area contributed by atoms with Gasteiger partial charge in [0, 0.05) is 17.6 Å². The summed E-state index contributed by atoms with van der Waals surface area (Å²) in [6.07, 6.45) is 9.30. The van der Waals surface area contributed by atoms with Gasteiger partial charge in [0.2, 0.25) is 0 Å². The quantitative estimate of drug-likeness (QED) is 0.858. The van der Waals surface area contributed by atoms with Crippen molar-refractivity contribution in [2.45, 2.75) is 57.5 Å². The zero-order valence-electron chi connectivity index (χ0n) is 15.8. The summed E-state index contributed by atoms with van der Waals surface area (Å²) >= 11 is 0. The fourth-order valence-electron chi connectivity index (χ4n) is 6.14. The summed E-state index contributed by atoms with van der Waals surface area (Å²) in [4.78, 5) is 12.9. The van der Waals surface area contributed by atoms with Crippen LogP contribution in [-0.4, -0.2) is 26.3 Å². The van der Waals surface area contributed by atoms with Gasteiger partial charge in [-0.1, -0.05) is 12.1 Å². The molecule has 4 aliphatic carbocycles. The number of aryl methyl sites for hydroxylation is 1. The number of carbonyl (C=O) groups excluding carboxylic acids is 1. The number of rotatable bonds is 4. The molecule has 6 rings (SSSR count). The zero-order valence-corrected chi connectivity index (χ0v) is 15.8. The Morgan fingerprint density at radius 1 is 1.15 bits per heavy atom. The molecule has 0 atom stereocenters. The number of benzene rings is 1. The first-order chi connectivity index (χ1) is 13.1.